The van der Waals surface area contributed by atoms with Gasteiger partial charge in [0.2, 0.25) is 0 Å². The second-order valence-electron chi connectivity index (χ2n) is 7.80. The summed E-state index contributed by atoms with van der Waals surface area (Å²) in [5, 5.41) is 13.6. The van der Waals surface area contributed by atoms with Gasteiger partial charge in [-0.25, -0.2) is 14.7 Å². The van der Waals surface area contributed by atoms with Gasteiger partial charge >= 0.3 is 0 Å². The van der Waals surface area contributed by atoms with Crippen molar-refractivity contribution in [1.29, 1.82) is 0 Å². The van der Waals surface area contributed by atoms with E-state index < -0.39 is 0 Å². The monoisotopic (exact) mass is 422 g/mol. The van der Waals surface area contributed by atoms with Crippen molar-refractivity contribution < 1.29 is 9.57 Å². The van der Waals surface area contributed by atoms with Crippen LogP contribution in [-0.4, -0.2) is 47.3 Å². The van der Waals surface area contributed by atoms with Crippen LogP contribution in [0.5, 0.6) is 0 Å². The third kappa shape index (κ3) is 4.26. The number of ether oxygens (including phenoxy) is 1. The molecule has 0 aliphatic carbocycles. The molecule has 164 valence electrons. The van der Waals surface area contributed by atoms with E-state index in [1.54, 1.807) is 11.8 Å². The molecule has 0 amide bonds. The maximum atomic E-state index is 6.06. The molecule has 1 aromatic carbocycles. The number of nitrogens with zero attached hydrogens (tertiary/aromatic N) is 5. The van der Waals surface area contributed by atoms with Gasteiger partial charge in [0.05, 0.1) is 24.5 Å². The van der Waals surface area contributed by atoms with E-state index in [4.69, 9.17) is 14.6 Å². The van der Waals surface area contributed by atoms with Gasteiger partial charge in [-0.2, -0.15) is 0 Å². The molecule has 1 fully saturated rings. The van der Waals surface area contributed by atoms with Crippen molar-refractivity contribution in [2.24, 2.45) is 13.0 Å². The summed E-state index contributed by atoms with van der Waals surface area (Å²) in [7, 11) is 5.49. The topological polar surface area (TPSA) is 77.3 Å². The molecular formula is C23H30N6O2. The molecule has 3 heterocycles. The largest absolute Gasteiger partial charge is 0.381 e. The smallest absolute Gasteiger partial charge is 0.151 e. The van der Waals surface area contributed by atoms with E-state index in [1.165, 1.54) is 5.56 Å². The zero-order chi connectivity index (χ0) is 21.8. The third-order valence-corrected chi connectivity index (χ3v) is 5.91. The Labute approximate surface area is 183 Å². The molecular weight excluding hydrogens is 392 g/mol. The normalized spacial score (nSPS) is 15.6. The van der Waals surface area contributed by atoms with Crippen LogP contribution in [-0.2, 0) is 16.6 Å². The number of aryl methyl sites for hydroxylation is 2. The van der Waals surface area contributed by atoms with E-state index in [0.717, 1.165) is 54.5 Å². The highest BCUT2D eigenvalue weighted by Crippen LogP contribution is 2.41. The minimum atomic E-state index is 0.0324. The van der Waals surface area contributed by atoms with E-state index in [-0.39, 0.29) is 6.04 Å². The highest BCUT2D eigenvalue weighted by Gasteiger charge is 2.33. The SMILES string of the molecule is CNc1ncc(-c2c(C)nnn2C)cc1N(OC)C(c1ccccc1)C1CCOCC1. The number of hydroxylamine groups is 1. The van der Waals surface area contributed by atoms with Crippen LogP contribution < -0.4 is 10.4 Å². The Kier molecular flexibility index (Phi) is 6.48. The summed E-state index contributed by atoms with van der Waals surface area (Å²) in [5.41, 5.74) is 4.83. The van der Waals surface area contributed by atoms with Crippen molar-refractivity contribution in [3.63, 3.8) is 0 Å². The molecule has 4 rings (SSSR count). The van der Waals surface area contributed by atoms with Gasteiger partial charge in [-0.1, -0.05) is 35.5 Å². The van der Waals surface area contributed by atoms with Gasteiger partial charge in [0.15, 0.2) is 5.82 Å². The second kappa shape index (κ2) is 9.45. The fourth-order valence-electron chi connectivity index (χ4n) is 4.44. The van der Waals surface area contributed by atoms with Crippen molar-refractivity contribution >= 4 is 11.5 Å². The average Bonchev–Trinajstić information content (AvgIpc) is 3.16. The number of pyridine rings is 1. The summed E-state index contributed by atoms with van der Waals surface area (Å²) in [4.78, 5) is 10.8. The van der Waals surface area contributed by atoms with E-state index in [9.17, 15) is 0 Å². The Hall–Kier alpha value is -2.97. The van der Waals surface area contributed by atoms with Crippen LogP contribution in [0.15, 0.2) is 42.6 Å². The van der Waals surface area contributed by atoms with E-state index in [0.29, 0.717) is 5.92 Å². The quantitative estimate of drug-likeness (QED) is 0.581. The molecule has 31 heavy (non-hydrogen) atoms. The van der Waals surface area contributed by atoms with Crippen molar-refractivity contribution in [1.82, 2.24) is 20.0 Å². The number of hydrogen-bond donors (Lipinski definition) is 1. The zero-order valence-electron chi connectivity index (χ0n) is 18.6. The molecule has 8 nitrogen and oxygen atoms in total. The molecule has 1 saturated heterocycles. The number of rotatable bonds is 7. The summed E-state index contributed by atoms with van der Waals surface area (Å²) in [6, 6.07) is 12.7. The molecule has 2 aromatic heterocycles. The number of nitrogens with one attached hydrogen (secondary N) is 1. The third-order valence-electron chi connectivity index (χ3n) is 5.91. The van der Waals surface area contributed by atoms with Crippen LogP contribution in [0.4, 0.5) is 11.5 Å². The minimum Gasteiger partial charge on any atom is -0.381 e. The molecule has 1 N–H and O–H groups in total. The van der Waals surface area contributed by atoms with Crippen LogP contribution in [0.2, 0.25) is 0 Å². The average molecular weight is 423 g/mol. The first-order valence-corrected chi connectivity index (χ1v) is 10.6. The van der Waals surface area contributed by atoms with Gasteiger partial charge < -0.3 is 10.1 Å². The van der Waals surface area contributed by atoms with Crippen LogP contribution in [0.1, 0.15) is 30.1 Å². The van der Waals surface area contributed by atoms with Crippen LogP contribution in [0.25, 0.3) is 11.3 Å². The van der Waals surface area contributed by atoms with Gasteiger partial charge in [0, 0.05) is 39.1 Å². The number of benzene rings is 1. The van der Waals surface area contributed by atoms with Gasteiger partial charge in [0.1, 0.15) is 5.69 Å². The molecule has 1 atom stereocenters. The molecule has 1 unspecified atom stereocenters. The fourth-order valence-corrected chi connectivity index (χ4v) is 4.44. The zero-order valence-corrected chi connectivity index (χ0v) is 18.6. The Morgan fingerprint density at radius 3 is 2.58 bits per heavy atom. The molecule has 0 saturated carbocycles. The van der Waals surface area contributed by atoms with Gasteiger partial charge in [-0.05, 0) is 37.3 Å². The molecule has 0 spiro atoms. The Bertz CT molecular complexity index is 981. The Morgan fingerprint density at radius 2 is 1.97 bits per heavy atom. The molecule has 0 radical (unpaired) electrons. The van der Waals surface area contributed by atoms with E-state index in [1.807, 2.05) is 38.3 Å². The fraction of sp³-hybridized carbons (Fsp3) is 0.435. The summed E-state index contributed by atoms with van der Waals surface area (Å²) in [5.74, 6) is 1.15. The summed E-state index contributed by atoms with van der Waals surface area (Å²) in [6.45, 7) is 3.49. The van der Waals surface area contributed by atoms with Crippen LogP contribution in [0.3, 0.4) is 0 Å². The lowest BCUT2D eigenvalue weighted by atomic mass is 9.86. The lowest BCUT2D eigenvalue weighted by molar-refractivity contribution is 0.0349. The molecule has 1 aliphatic rings. The maximum absolute atomic E-state index is 6.06. The van der Waals surface area contributed by atoms with Crippen LogP contribution >= 0.6 is 0 Å². The second-order valence-corrected chi connectivity index (χ2v) is 7.80. The maximum Gasteiger partial charge on any atom is 0.151 e. The lowest BCUT2D eigenvalue weighted by Crippen LogP contribution is -2.36. The first kappa shape index (κ1) is 21.3. The summed E-state index contributed by atoms with van der Waals surface area (Å²) < 4.78 is 7.42. The Balaban J connectivity index is 1.82. The number of hydrogen-bond acceptors (Lipinski definition) is 7. The highest BCUT2D eigenvalue weighted by molar-refractivity contribution is 5.74. The van der Waals surface area contributed by atoms with Crippen LogP contribution in [0, 0.1) is 12.8 Å². The molecule has 0 bridgehead atoms. The van der Waals surface area contributed by atoms with E-state index in [2.05, 4.69) is 46.0 Å². The van der Waals surface area contributed by atoms with Crippen molar-refractivity contribution in [2.75, 3.05) is 37.8 Å². The number of anilines is 2. The van der Waals surface area contributed by atoms with Gasteiger partial charge in [0.25, 0.3) is 0 Å². The van der Waals surface area contributed by atoms with Crippen molar-refractivity contribution in [3.8, 4) is 11.3 Å². The lowest BCUT2D eigenvalue weighted by Gasteiger charge is -2.39. The number of aromatic nitrogens is 4. The van der Waals surface area contributed by atoms with E-state index >= 15 is 0 Å². The predicted octanol–water partition coefficient (Wildman–Crippen LogP) is 3.76. The molecule has 8 heteroatoms. The first-order valence-electron chi connectivity index (χ1n) is 10.6. The minimum absolute atomic E-state index is 0.0324. The summed E-state index contributed by atoms with van der Waals surface area (Å²) in [6.07, 6.45) is 3.80. The van der Waals surface area contributed by atoms with Gasteiger partial charge in [-0.3, -0.25) is 4.84 Å². The van der Waals surface area contributed by atoms with Gasteiger partial charge in [-0.15, -0.1) is 5.10 Å². The molecule has 3 aromatic rings. The first-order chi connectivity index (χ1) is 15.1. The summed E-state index contributed by atoms with van der Waals surface area (Å²) >= 11 is 0. The predicted molar refractivity (Wildman–Crippen MR) is 121 cm³/mol. The Morgan fingerprint density at radius 1 is 1.23 bits per heavy atom. The standard InChI is InChI=1S/C23H30N6O2/c1-16-21(28(3)27-26-16)19-14-20(23(24-2)25-15-19)29(30-4)22(17-8-6-5-7-9-17)18-10-12-31-13-11-18/h5-9,14-15,18,22H,10-13H2,1-4H3,(H,24,25). The molecule has 1 aliphatic heterocycles. The van der Waals surface area contributed by atoms with Crippen molar-refractivity contribution in [3.05, 3.63) is 53.9 Å². The highest BCUT2D eigenvalue weighted by atomic mass is 16.7. The van der Waals surface area contributed by atoms with Crippen molar-refractivity contribution in [2.45, 2.75) is 25.8 Å².